The summed E-state index contributed by atoms with van der Waals surface area (Å²) in [6, 6.07) is 6.49. The molecule has 3 amide bonds. The lowest BCUT2D eigenvalue weighted by Gasteiger charge is -2.22. The normalized spacial score (nSPS) is 12.0. The largest absolute Gasteiger partial charge is 0.491 e. The number of nitrogens with zero attached hydrogens (tertiary/aromatic N) is 1. The van der Waals surface area contributed by atoms with Gasteiger partial charge in [0.25, 0.3) is 11.6 Å². The summed E-state index contributed by atoms with van der Waals surface area (Å²) in [6.45, 7) is 10.3. The quantitative estimate of drug-likeness (QED) is 0.113. The Morgan fingerprint density at radius 2 is 1.61 bits per heavy atom. The molecule has 0 heterocycles. The van der Waals surface area contributed by atoms with Gasteiger partial charge >= 0.3 is 12.1 Å². The molecule has 0 bridgehead atoms. The maximum atomic E-state index is 13.4. The molecule has 15 heteroatoms. The molecule has 0 radical (unpaired) electrons. The molecule has 0 saturated heterocycles. The second-order valence-electron chi connectivity index (χ2n) is 11.5. The summed E-state index contributed by atoms with van der Waals surface area (Å²) < 4.78 is 16.2. The fourth-order valence-electron chi connectivity index (χ4n) is 3.53. The van der Waals surface area contributed by atoms with Gasteiger partial charge in [-0.1, -0.05) is 23.2 Å². The molecular weight excluding hydrogens is 619 g/mol. The molecule has 0 fully saturated rings. The van der Waals surface area contributed by atoms with Crippen LogP contribution < -0.4 is 20.7 Å². The van der Waals surface area contributed by atoms with Crippen molar-refractivity contribution >= 4 is 58.5 Å². The van der Waals surface area contributed by atoms with Crippen LogP contribution in [0.2, 0.25) is 10.0 Å². The van der Waals surface area contributed by atoms with Crippen LogP contribution >= 0.6 is 23.2 Å². The van der Waals surface area contributed by atoms with Crippen LogP contribution in [0.4, 0.5) is 16.2 Å². The van der Waals surface area contributed by atoms with Crippen molar-refractivity contribution in [2.24, 2.45) is 0 Å². The number of carbonyl (C=O) groups excluding carboxylic acids is 4. The molecule has 1 atom stereocenters. The maximum absolute atomic E-state index is 13.4. The molecule has 13 nitrogen and oxygen atoms in total. The van der Waals surface area contributed by atoms with Crippen LogP contribution in [-0.2, 0) is 19.1 Å². The SMILES string of the molecule is CC(C)(C)OC(=O)CC[C@H](NC(=O)c1cc(Cl)ccc1OCCNC(=O)OC(C)(C)C)C(=O)Nc1ccc([N+](=O)[O-])cc1Cl. The summed E-state index contributed by atoms with van der Waals surface area (Å²) in [4.78, 5) is 61.4. The van der Waals surface area contributed by atoms with Crippen molar-refractivity contribution in [2.75, 3.05) is 18.5 Å². The van der Waals surface area contributed by atoms with Crippen LogP contribution in [0.3, 0.4) is 0 Å². The topological polar surface area (TPSA) is 175 Å². The van der Waals surface area contributed by atoms with E-state index in [4.69, 9.17) is 37.4 Å². The zero-order valence-electron chi connectivity index (χ0n) is 25.2. The summed E-state index contributed by atoms with van der Waals surface area (Å²) in [5.41, 5.74) is -1.68. The highest BCUT2D eigenvalue weighted by molar-refractivity contribution is 6.34. The average molecular weight is 656 g/mol. The Morgan fingerprint density at radius 1 is 0.955 bits per heavy atom. The zero-order valence-corrected chi connectivity index (χ0v) is 26.8. The number of amides is 3. The van der Waals surface area contributed by atoms with Crippen molar-refractivity contribution in [3.05, 3.63) is 62.1 Å². The van der Waals surface area contributed by atoms with Gasteiger partial charge in [-0.15, -0.1) is 0 Å². The third-order valence-electron chi connectivity index (χ3n) is 5.31. The second kappa shape index (κ2) is 15.6. The van der Waals surface area contributed by atoms with Crippen molar-refractivity contribution < 1.29 is 38.3 Å². The minimum absolute atomic E-state index is 0.0156. The van der Waals surface area contributed by atoms with Gasteiger partial charge in [0, 0.05) is 23.6 Å². The van der Waals surface area contributed by atoms with Gasteiger partial charge in [0.2, 0.25) is 5.91 Å². The summed E-state index contributed by atoms with van der Waals surface area (Å²) in [5, 5.41) is 18.8. The third kappa shape index (κ3) is 12.6. The first-order valence-electron chi connectivity index (χ1n) is 13.5. The maximum Gasteiger partial charge on any atom is 0.407 e. The van der Waals surface area contributed by atoms with Gasteiger partial charge in [0.15, 0.2) is 0 Å². The Morgan fingerprint density at radius 3 is 2.20 bits per heavy atom. The van der Waals surface area contributed by atoms with E-state index < -0.39 is 46.0 Å². The van der Waals surface area contributed by atoms with Gasteiger partial charge in [0.05, 0.1) is 27.7 Å². The van der Waals surface area contributed by atoms with E-state index in [1.807, 2.05) is 0 Å². The number of ether oxygens (including phenoxy) is 3. The van der Waals surface area contributed by atoms with Crippen LogP contribution in [0.1, 0.15) is 64.7 Å². The van der Waals surface area contributed by atoms with Crippen LogP contribution in [0.15, 0.2) is 36.4 Å². The molecule has 3 N–H and O–H groups in total. The summed E-state index contributed by atoms with van der Waals surface area (Å²) in [7, 11) is 0. The lowest BCUT2D eigenvalue weighted by atomic mass is 10.1. The number of anilines is 1. The van der Waals surface area contributed by atoms with E-state index in [9.17, 15) is 29.3 Å². The smallest absolute Gasteiger partial charge is 0.407 e. The van der Waals surface area contributed by atoms with Crippen LogP contribution in [0, 0.1) is 10.1 Å². The molecule has 2 aromatic carbocycles. The van der Waals surface area contributed by atoms with Crippen LogP contribution in [0.5, 0.6) is 5.75 Å². The number of hydrogen-bond acceptors (Lipinski definition) is 9. The molecule has 0 aliphatic carbocycles. The van der Waals surface area contributed by atoms with Gasteiger partial charge in [-0.05, 0) is 72.2 Å². The zero-order chi connectivity index (χ0) is 33.2. The summed E-state index contributed by atoms with van der Waals surface area (Å²) in [5.74, 6) is -1.98. The molecule has 0 spiro atoms. The summed E-state index contributed by atoms with van der Waals surface area (Å²) in [6.07, 6.45) is -1.02. The Bertz CT molecular complexity index is 1390. The molecule has 0 aliphatic heterocycles. The molecule has 0 aliphatic rings. The monoisotopic (exact) mass is 654 g/mol. The van der Waals surface area contributed by atoms with Gasteiger partial charge in [-0.2, -0.15) is 0 Å². The van der Waals surface area contributed by atoms with Crippen molar-refractivity contribution in [1.29, 1.82) is 0 Å². The van der Waals surface area contributed by atoms with E-state index in [0.717, 1.165) is 12.1 Å². The van der Waals surface area contributed by atoms with Gasteiger partial charge in [-0.3, -0.25) is 24.5 Å². The molecule has 240 valence electrons. The predicted molar refractivity (Wildman–Crippen MR) is 164 cm³/mol. The molecular formula is C29H36Cl2N4O9. The Balaban J connectivity index is 2.22. The number of alkyl carbamates (subject to hydrolysis) is 1. The summed E-state index contributed by atoms with van der Waals surface area (Å²) >= 11 is 12.3. The lowest BCUT2D eigenvalue weighted by molar-refractivity contribution is -0.384. The minimum Gasteiger partial charge on any atom is -0.491 e. The highest BCUT2D eigenvalue weighted by atomic mass is 35.5. The molecule has 2 rings (SSSR count). The van der Waals surface area contributed by atoms with Crippen molar-refractivity contribution in [3.63, 3.8) is 0 Å². The third-order valence-corrected chi connectivity index (χ3v) is 5.86. The van der Waals surface area contributed by atoms with E-state index in [0.29, 0.717) is 0 Å². The highest BCUT2D eigenvalue weighted by Gasteiger charge is 2.27. The number of nitro groups is 1. The molecule has 0 unspecified atom stereocenters. The number of esters is 1. The van der Waals surface area contributed by atoms with Crippen molar-refractivity contribution in [2.45, 2.75) is 71.6 Å². The van der Waals surface area contributed by atoms with E-state index in [1.165, 1.54) is 24.3 Å². The minimum atomic E-state index is -1.28. The van der Waals surface area contributed by atoms with E-state index in [2.05, 4.69) is 16.0 Å². The fourth-order valence-corrected chi connectivity index (χ4v) is 3.93. The highest BCUT2D eigenvalue weighted by Crippen LogP contribution is 2.27. The van der Waals surface area contributed by atoms with Crippen LogP contribution in [-0.4, -0.2) is 59.2 Å². The van der Waals surface area contributed by atoms with Gasteiger partial charge in [-0.25, -0.2) is 4.79 Å². The number of nitro benzene ring substituents is 1. The second-order valence-corrected chi connectivity index (χ2v) is 12.3. The molecule has 44 heavy (non-hydrogen) atoms. The fraction of sp³-hybridized carbons (Fsp3) is 0.448. The number of rotatable bonds is 12. The van der Waals surface area contributed by atoms with E-state index in [1.54, 1.807) is 41.5 Å². The first-order chi connectivity index (χ1) is 20.3. The number of halogens is 2. The Kier molecular flexibility index (Phi) is 12.8. The van der Waals surface area contributed by atoms with Crippen LogP contribution in [0.25, 0.3) is 0 Å². The van der Waals surface area contributed by atoms with Crippen molar-refractivity contribution in [1.82, 2.24) is 10.6 Å². The van der Waals surface area contributed by atoms with Crippen molar-refractivity contribution in [3.8, 4) is 5.75 Å². The molecule has 0 aromatic heterocycles. The molecule has 2 aromatic rings. The first-order valence-corrected chi connectivity index (χ1v) is 14.3. The first kappa shape index (κ1) is 36.1. The predicted octanol–water partition coefficient (Wildman–Crippen LogP) is 5.66. The average Bonchev–Trinajstić information content (AvgIpc) is 2.88. The van der Waals surface area contributed by atoms with E-state index >= 15 is 0 Å². The Hall–Kier alpha value is -4.10. The number of benzene rings is 2. The number of carbonyl (C=O) groups is 4. The molecule has 0 saturated carbocycles. The van der Waals surface area contributed by atoms with E-state index in [-0.39, 0.29) is 58.7 Å². The van der Waals surface area contributed by atoms with Gasteiger partial charge in [0.1, 0.15) is 29.6 Å². The standard InChI is InChI=1S/C29H36Cl2N4O9/c1-28(2,3)43-24(36)12-10-22(26(38)33-21-9-8-18(35(40)41)16-20(21)31)34-25(37)19-15-17(30)7-11-23(19)42-14-13-32-27(39)44-29(4,5)6/h7-9,11,15-16,22H,10,12-14H2,1-6H3,(H,32,39)(H,33,38)(H,34,37)/t22-/m0/s1. The Labute approximate surface area is 265 Å². The number of nitrogens with one attached hydrogen (secondary N) is 3. The lowest BCUT2D eigenvalue weighted by Crippen LogP contribution is -2.44. The van der Waals surface area contributed by atoms with Gasteiger partial charge < -0.3 is 30.2 Å². The number of hydrogen-bond donors (Lipinski definition) is 3. The number of non-ortho nitro benzene ring substituents is 1.